The van der Waals surface area contributed by atoms with Gasteiger partial charge in [-0.15, -0.1) is 0 Å². The Bertz CT molecular complexity index is 287. The Labute approximate surface area is 68.4 Å². The molecule has 0 spiro atoms. The van der Waals surface area contributed by atoms with Crippen LogP contribution in [0.3, 0.4) is 0 Å². The Morgan fingerprint density at radius 3 is 2.50 bits per heavy atom. The van der Waals surface area contributed by atoms with Crippen molar-refractivity contribution < 1.29 is 4.92 Å². The molecule has 1 rings (SSSR count). The van der Waals surface area contributed by atoms with Crippen LogP contribution in [0.25, 0.3) is 0 Å². The molecule has 6 heteroatoms. The molecule has 0 unspecified atom stereocenters. The average Bonchev–Trinajstić information content (AvgIpc) is 2.09. The summed E-state index contributed by atoms with van der Waals surface area (Å²) in [5.41, 5.74) is -0.815. The van der Waals surface area contributed by atoms with Crippen LogP contribution in [-0.2, 0) is 0 Å². The molecule has 0 bridgehead atoms. The van der Waals surface area contributed by atoms with Crippen LogP contribution in [0.1, 0.15) is 13.8 Å². The van der Waals surface area contributed by atoms with Gasteiger partial charge in [0.15, 0.2) is 0 Å². The van der Waals surface area contributed by atoms with Crippen LogP contribution >= 0.6 is 0 Å². The van der Waals surface area contributed by atoms with E-state index in [2.05, 4.69) is 9.97 Å². The summed E-state index contributed by atoms with van der Waals surface area (Å²) in [5.74, 6) is 0. The first-order chi connectivity index (χ1) is 5.70. The predicted molar refractivity (Wildman–Crippen MR) is 42.9 cm³/mol. The van der Waals surface area contributed by atoms with Crippen LogP contribution in [0.5, 0.6) is 0 Å². The third kappa shape index (κ3) is 2.91. The van der Waals surface area contributed by atoms with Gasteiger partial charge in [-0.3, -0.25) is 10.1 Å². The van der Waals surface area contributed by atoms with Gasteiger partial charge < -0.3 is 4.98 Å². The maximum atomic E-state index is 10.3. The fraction of sp³-hybridized carbons (Fsp3) is 0.333. The van der Waals surface area contributed by atoms with Crippen LogP contribution in [0, 0.1) is 10.1 Å². The molecule has 0 saturated heterocycles. The van der Waals surface area contributed by atoms with E-state index in [1.54, 1.807) is 0 Å². The third-order valence-corrected chi connectivity index (χ3v) is 0.868. The van der Waals surface area contributed by atoms with E-state index >= 15 is 0 Å². The Morgan fingerprint density at radius 1 is 1.58 bits per heavy atom. The van der Waals surface area contributed by atoms with Crippen molar-refractivity contribution in [2.75, 3.05) is 0 Å². The molecule has 0 aliphatic rings. The molecule has 6 nitrogen and oxygen atoms in total. The molecule has 0 atom stereocenters. The van der Waals surface area contributed by atoms with Gasteiger partial charge in [0, 0.05) is 0 Å². The largest absolute Gasteiger partial charge is 0.345 e. The highest BCUT2D eigenvalue weighted by atomic mass is 16.6. The monoisotopic (exact) mass is 171 g/mol. The highest BCUT2D eigenvalue weighted by Gasteiger charge is 2.02. The molecule has 12 heavy (non-hydrogen) atoms. The van der Waals surface area contributed by atoms with Gasteiger partial charge in [-0.1, -0.05) is 13.8 Å². The van der Waals surface area contributed by atoms with Gasteiger partial charge in [0.05, 0.1) is 11.1 Å². The zero-order chi connectivity index (χ0) is 9.56. The van der Waals surface area contributed by atoms with Crippen LogP contribution in [-0.4, -0.2) is 14.9 Å². The lowest BCUT2D eigenvalue weighted by atomic mass is 10.6. The number of H-pyrrole nitrogens is 1. The molecular formula is C6H9N3O3. The number of hydrogen-bond acceptors (Lipinski definition) is 4. The van der Waals surface area contributed by atoms with Gasteiger partial charge in [-0.05, 0) is 0 Å². The number of aromatic nitrogens is 2. The Morgan fingerprint density at radius 2 is 2.17 bits per heavy atom. The summed E-state index contributed by atoms with van der Waals surface area (Å²) in [6, 6.07) is 0. The lowest BCUT2D eigenvalue weighted by Gasteiger charge is -1.85. The fourth-order valence-corrected chi connectivity index (χ4v) is 0.435. The lowest BCUT2D eigenvalue weighted by Crippen LogP contribution is -2.08. The molecule has 1 N–H and O–H groups in total. The average molecular weight is 171 g/mol. The van der Waals surface area contributed by atoms with Crippen molar-refractivity contribution in [3.8, 4) is 0 Å². The highest BCUT2D eigenvalue weighted by Crippen LogP contribution is 2.00. The molecule has 1 aromatic heterocycles. The number of rotatable bonds is 1. The SMILES string of the molecule is CC.O=c1ncc([N+](=O)[O-])c[nH]1. The highest BCUT2D eigenvalue weighted by molar-refractivity contribution is 5.18. The van der Waals surface area contributed by atoms with E-state index in [1.807, 2.05) is 13.8 Å². The quantitative estimate of drug-likeness (QED) is 0.497. The van der Waals surface area contributed by atoms with Crippen molar-refractivity contribution in [3.05, 3.63) is 33.0 Å². The molecule has 0 amide bonds. The molecule has 0 aliphatic heterocycles. The van der Waals surface area contributed by atoms with Crippen LogP contribution in [0.2, 0.25) is 0 Å². The van der Waals surface area contributed by atoms with Crippen molar-refractivity contribution in [1.29, 1.82) is 0 Å². The molecule has 66 valence electrons. The minimum absolute atomic E-state index is 0.223. The Kier molecular flexibility index (Phi) is 4.28. The maximum Gasteiger partial charge on any atom is 0.345 e. The second-order valence-corrected chi connectivity index (χ2v) is 1.53. The predicted octanol–water partition coefficient (Wildman–Crippen LogP) is 0.704. The third-order valence-electron chi connectivity index (χ3n) is 0.868. The normalized spacial score (nSPS) is 8.17. The topological polar surface area (TPSA) is 88.9 Å². The van der Waals surface area contributed by atoms with E-state index in [-0.39, 0.29) is 5.69 Å². The van der Waals surface area contributed by atoms with Gasteiger partial charge in [-0.2, -0.15) is 4.98 Å². The number of nitrogens with zero attached hydrogens (tertiary/aromatic N) is 2. The van der Waals surface area contributed by atoms with Crippen molar-refractivity contribution in [3.63, 3.8) is 0 Å². The van der Waals surface area contributed by atoms with E-state index in [0.717, 1.165) is 12.4 Å². The minimum atomic E-state index is -0.636. The van der Waals surface area contributed by atoms with Crippen molar-refractivity contribution in [2.45, 2.75) is 13.8 Å². The van der Waals surface area contributed by atoms with Crippen LogP contribution in [0.4, 0.5) is 5.69 Å². The number of hydrogen-bond donors (Lipinski definition) is 1. The smallest absolute Gasteiger partial charge is 0.306 e. The summed E-state index contributed by atoms with van der Waals surface area (Å²) in [5, 5.41) is 9.96. The molecule has 1 heterocycles. The number of nitro groups is 1. The first kappa shape index (κ1) is 10.3. The van der Waals surface area contributed by atoms with Crippen molar-refractivity contribution >= 4 is 5.69 Å². The first-order valence-corrected chi connectivity index (χ1v) is 3.39. The fourth-order valence-electron chi connectivity index (χ4n) is 0.435. The summed E-state index contributed by atoms with van der Waals surface area (Å²) in [6.07, 6.45) is 1.90. The zero-order valence-corrected chi connectivity index (χ0v) is 6.77. The molecule has 0 radical (unpaired) electrons. The molecule has 0 aliphatic carbocycles. The summed E-state index contributed by atoms with van der Waals surface area (Å²) in [7, 11) is 0. The molecule has 1 aromatic rings. The second kappa shape index (κ2) is 5.00. The van der Waals surface area contributed by atoms with Gasteiger partial charge in [0.1, 0.15) is 6.20 Å². The van der Waals surface area contributed by atoms with Gasteiger partial charge in [0.2, 0.25) is 0 Å². The number of aromatic amines is 1. The minimum Gasteiger partial charge on any atom is -0.306 e. The van der Waals surface area contributed by atoms with Gasteiger partial charge in [-0.25, -0.2) is 4.79 Å². The number of nitrogens with one attached hydrogen (secondary N) is 1. The zero-order valence-electron chi connectivity index (χ0n) is 6.77. The lowest BCUT2D eigenvalue weighted by molar-refractivity contribution is -0.385. The van der Waals surface area contributed by atoms with Gasteiger partial charge in [0.25, 0.3) is 0 Å². The summed E-state index contributed by atoms with van der Waals surface area (Å²) >= 11 is 0. The Hall–Kier alpha value is -1.72. The van der Waals surface area contributed by atoms with E-state index in [4.69, 9.17) is 0 Å². The standard InChI is InChI=1S/C4H3N3O3.C2H6/c8-4-5-1-3(2-6-4)7(9)10;1-2/h1-2H,(H,5,6,8);1-2H3. The summed E-state index contributed by atoms with van der Waals surface area (Å²) in [4.78, 5) is 24.8. The van der Waals surface area contributed by atoms with Crippen molar-refractivity contribution in [1.82, 2.24) is 9.97 Å². The van der Waals surface area contributed by atoms with E-state index in [1.165, 1.54) is 0 Å². The summed E-state index contributed by atoms with van der Waals surface area (Å²) < 4.78 is 0. The van der Waals surface area contributed by atoms with E-state index in [0.29, 0.717) is 0 Å². The Balaban J connectivity index is 0.000000561. The molecule has 0 aromatic carbocycles. The maximum absolute atomic E-state index is 10.3. The molecule has 0 fully saturated rings. The van der Waals surface area contributed by atoms with Crippen LogP contribution in [0.15, 0.2) is 17.2 Å². The van der Waals surface area contributed by atoms with Gasteiger partial charge >= 0.3 is 11.4 Å². The van der Waals surface area contributed by atoms with E-state index in [9.17, 15) is 14.9 Å². The van der Waals surface area contributed by atoms with Crippen LogP contribution < -0.4 is 5.69 Å². The first-order valence-electron chi connectivity index (χ1n) is 3.39. The van der Waals surface area contributed by atoms with E-state index < -0.39 is 10.6 Å². The van der Waals surface area contributed by atoms with Crippen molar-refractivity contribution in [2.24, 2.45) is 0 Å². The summed E-state index contributed by atoms with van der Waals surface area (Å²) in [6.45, 7) is 4.00. The second-order valence-electron chi connectivity index (χ2n) is 1.53. The molecule has 0 saturated carbocycles. The molecular weight excluding hydrogens is 162 g/mol.